The fraction of sp³-hybridized carbons (Fsp3) is 0.391. The Morgan fingerprint density at radius 1 is 1.14 bits per heavy atom. The number of aromatic amines is 1. The molecule has 1 fully saturated rings. The lowest BCUT2D eigenvalue weighted by Gasteiger charge is -2.36. The molecule has 0 saturated carbocycles. The molecule has 1 aliphatic heterocycles. The minimum Gasteiger partial charge on any atom is -0.361 e. The number of hydrogen-bond acceptors (Lipinski definition) is 3. The summed E-state index contributed by atoms with van der Waals surface area (Å²) >= 11 is 0. The first-order valence-electron chi connectivity index (χ1n) is 10.2. The van der Waals surface area contributed by atoms with Crippen LogP contribution < -0.4 is 5.14 Å². The van der Waals surface area contributed by atoms with Crippen molar-refractivity contribution in [1.29, 1.82) is 0 Å². The molecule has 3 N–H and O–H groups in total. The minimum absolute atomic E-state index is 0.195. The Morgan fingerprint density at radius 2 is 1.97 bits per heavy atom. The maximum absolute atomic E-state index is 11.7. The van der Waals surface area contributed by atoms with E-state index in [4.69, 9.17) is 5.14 Å². The number of likely N-dealkylation sites (tertiary alicyclic amines) is 1. The van der Waals surface area contributed by atoms with Gasteiger partial charge >= 0.3 is 0 Å². The average Bonchev–Trinajstić information content (AvgIpc) is 3.16. The number of primary sulfonamides is 1. The van der Waals surface area contributed by atoms with Crippen LogP contribution in [0.5, 0.6) is 0 Å². The molecule has 3 aromatic rings. The van der Waals surface area contributed by atoms with Gasteiger partial charge in [0.1, 0.15) is 0 Å². The second-order valence-electron chi connectivity index (χ2n) is 8.27. The predicted molar refractivity (Wildman–Crippen MR) is 117 cm³/mol. The zero-order chi connectivity index (χ0) is 20.6. The molecule has 0 radical (unpaired) electrons. The molecule has 0 spiro atoms. The zero-order valence-electron chi connectivity index (χ0n) is 17.1. The van der Waals surface area contributed by atoms with Gasteiger partial charge in [-0.15, -0.1) is 0 Å². The highest BCUT2D eigenvalue weighted by atomic mass is 32.2. The molecule has 0 aliphatic carbocycles. The van der Waals surface area contributed by atoms with E-state index < -0.39 is 10.0 Å². The highest BCUT2D eigenvalue weighted by Crippen LogP contribution is 2.29. The number of rotatable bonds is 5. The summed E-state index contributed by atoms with van der Waals surface area (Å²) in [6, 6.07) is 11.9. The van der Waals surface area contributed by atoms with Gasteiger partial charge in [-0.2, -0.15) is 0 Å². The Morgan fingerprint density at radius 3 is 2.76 bits per heavy atom. The van der Waals surface area contributed by atoms with Crippen LogP contribution >= 0.6 is 0 Å². The maximum Gasteiger partial charge on any atom is 0.238 e. The third kappa shape index (κ3) is 4.25. The second kappa shape index (κ2) is 7.94. The van der Waals surface area contributed by atoms with Crippen LogP contribution in [0.2, 0.25) is 0 Å². The van der Waals surface area contributed by atoms with Crippen LogP contribution in [0.1, 0.15) is 41.5 Å². The van der Waals surface area contributed by atoms with Crippen LogP contribution in [0.3, 0.4) is 0 Å². The monoisotopic (exact) mass is 411 g/mol. The van der Waals surface area contributed by atoms with E-state index in [-0.39, 0.29) is 4.90 Å². The number of nitrogens with zero attached hydrogens (tertiary/aromatic N) is 1. The summed E-state index contributed by atoms with van der Waals surface area (Å²) in [7, 11) is -3.67. The van der Waals surface area contributed by atoms with E-state index in [2.05, 4.69) is 35.9 Å². The average molecular weight is 412 g/mol. The molecular weight excluding hydrogens is 382 g/mol. The number of nitrogens with two attached hydrogens (primary N) is 1. The molecule has 5 nitrogen and oxygen atoms in total. The Labute approximate surface area is 173 Å². The van der Waals surface area contributed by atoms with Crippen molar-refractivity contribution in [2.75, 3.05) is 6.54 Å². The van der Waals surface area contributed by atoms with Gasteiger partial charge in [-0.1, -0.05) is 24.6 Å². The van der Waals surface area contributed by atoms with Gasteiger partial charge in [-0.05, 0) is 80.1 Å². The van der Waals surface area contributed by atoms with Crippen LogP contribution in [0.4, 0.5) is 0 Å². The predicted octanol–water partition coefficient (Wildman–Crippen LogP) is 4.03. The molecule has 2 aromatic carbocycles. The highest BCUT2D eigenvalue weighted by Gasteiger charge is 2.24. The summed E-state index contributed by atoms with van der Waals surface area (Å²) in [5.41, 5.74) is 6.24. The van der Waals surface area contributed by atoms with E-state index in [9.17, 15) is 8.42 Å². The van der Waals surface area contributed by atoms with Crippen molar-refractivity contribution in [2.45, 2.75) is 57.0 Å². The first kappa shape index (κ1) is 20.1. The van der Waals surface area contributed by atoms with Gasteiger partial charge in [0, 0.05) is 29.7 Å². The standard InChI is InChI=1S/C23H29N3O2S/c1-16-12-17(2)23-21(9-10-25-23)22(16)15-26-11-4-3-7-19(26)13-18-6-5-8-20(14-18)29(24,27)28/h5-6,8-10,12,14,19,25H,3-4,7,11,13,15H2,1-2H3,(H2,24,27,28). The van der Waals surface area contributed by atoms with Gasteiger partial charge in [-0.3, -0.25) is 4.90 Å². The summed E-state index contributed by atoms with van der Waals surface area (Å²) in [6.07, 6.45) is 6.40. The van der Waals surface area contributed by atoms with Crippen molar-refractivity contribution in [3.8, 4) is 0 Å². The van der Waals surface area contributed by atoms with Gasteiger partial charge in [0.15, 0.2) is 0 Å². The first-order valence-corrected chi connectivity index (χ1v) is 11.8. The van der Waals surface area contributed by atoms with Crippen LogP contribution in [0.15, 0.2) is 47.5 Å². The van der Waals surface area contributed by atoms with Crippen molar-refractivity contribution in [2.24, 2.45) is 5.14 Å². The van der Waals surface area contributed by atoms with Crippen molar-refractivity contribution in [3.63, 3.8) is 0 Å². The molecular formula is C23H29N3O2S. The number of fused-ring (bicyclic) bond motifs is 1. The smallest absolute Gasteiger partial charge is 0.238 e. The lowest BCUT2D eigenvalue weighted by Crippen LogP contribution is -2.40. The van der Waals surface area contributed by atoms with E-state index in [1.807, 2.05) is 12.3 Å². The SMILES string of the molecule is Cc1cc(C)c2[nH]ccc2c1CN1CCCCC1Cc1cccc(S(N)(=O)=O)c1. The number of benzene rings is 2. The molecule has 154 valence electrons. The van der Waals surface area contributed by atoms with E-state index in [0.29, 0.717) is 6.04 Å². The lowest BCUT2D eigenvalue weighted by molar-refractivity contribution is 0.139. The third-order valence-corrected chi connectivity index (χ3v) is 7.10. The van der Waals surface area contributed by atoms with E-state index in [1.54, 1.807) is 18.2 Å². The van der Waals surface area contributed by atoms with Gasteiger partial charge in [0.2, 0.25) is 10.0 Å². The summed E-state index contributed by atoms with van der Waals surface area (Å²) < 4.78 is 23.4. The Hall–Kier alpha value is -2.15. The number of hydrogen-bond donors (Lipinski definition) is 2. The Balaban J connectivity index is 1.60. The van der Waals surface area contributed by atoms with Crippen LogP contribution in [0.25, 0.3) is 10.9 Å². The van der Waals surface area contributed by atoms with Gasteiger partial charge in [0.05, 0.1) is 4.90 Å². The van der Waals surface area contributed by atoms with Crippen LogP contribution in [0, 0.1) is 13.8 Å². The second-order valence-corrected chi connectivity index (χ2v) is 9.83. The number of nitrogens with one attached hydrogen (secondary N) is 1. The van der Waals surface area contributed by atoms with E-state index in [1.165, 1.54) is 40.4 Å². The van der Waals surface area contributed by atoms with E-state index >= 15 is 0 Å². The summed E-state index contributed by atoms with van der Waals surface area (Å²) in [6.45, 7) is 6.33. The maximum atomic E-state index is 11.7. The Bertz CT molecular complexity index is 1130. The fourth-order valence-electron chi connectivity index (χ4n) is 4.68. The van der Waals surface area contributed by atoms with Gasteiger partial charge in [-0.25, -0.2) is 13.6 Å². The molecule has 1 unspecified atom stereocenters. The van der Waals surface area contributed by atoms with Crippen molar-refractivity contribution in [3.05, 3.63) is 64.8 Å². The van der Waals surface area contributed by atoms with Crippen LogP contribution in [-0.2, 0) is 23.0 Å². The fourth-order valence-corrected chi connectivity index (χ4v) is 5.26. The molecule has 1 aromatic heterocycles. The van der Waals surface area contributed by atoms with Crippen molar-refractivity contribution >= 4 is 20.9 Å². The molecule has 1 aliphatic rings. The van der Waals surface area contributed by atoms with Gasteiger partial charge in [0.25, 0.3) is 0 Å². The molecule has 6 heteroatoms. The Kier molecular flexibility index (Phi) is 5.51. The number of piperidine rings is 1. The van der Waals surface area contributed by atoms with E-state index in [0.717, 1.165) is 31.5 Å². The highest BCUT2D eigenvalue weighted by molar-refractivity contribution is 7.89. The van der Waals surface area contributed by atoms with Crippen LogP contribution in [-0.4, -0.2) is 30.9 Å². The molecule has 0 bridgehead atoms. The lowest BCUT2D eigenvalue weighted by atomic mass is 9.93. The largest absolute Gasteiger partial charge is 0.361 e. The number of sulfonamides is 1. The normalized spacial score (nSPS) is 18.4. The molecule has 29 heavy (non-hydrogen) atoms. The van der Waals surface area contributed by atoms with Gasteiger partial charge < -0.3 is 4.98 Å². The number of H-pyrrole nitrogens is 1. The van der Waals surface area contributed by atoms with Crippen molar-refractivity contribution in [1.82, 2.24) is 9.88 Å². The molecule has 4 rings (SSSR count). The molecule has 2 heterocycles. The topological polar surface area (TPSA) is 79.2 Å². The number of aromatic nitrogens is 1. The zero-order valence-corrected chi connectivity index (χ0v) is 17.9. The minimum atomic E-state index is -3.67. The number of aryl methyl sites for hydroxylation is 2. The van der Waals surface area contributed by atoms with Crippen molar-refractivity contribution < 1.29 is 8.42 Å². The quantitative estimate of drug-likeness (QED) is 0.665. The molecule has 0 amide bonds. The summed E-state index contributed by atoms with van der Waals surface area (Å²) in [5.74, 6) is 0. The summed E-state index contributed by atoms with van der Waals surface area (Å²) in [5, 5.41) is 6.63. The molecule has 1 atom stereocenters. The third-order valence-electron chi connectivity index (χ3n) is 6.18. The first-order chi connectivity index (χ1) is 13.8. The molecule has 1 saturated heterocycles. The summed E-state index contributed by atoms with van der Waals surface area (Å²) in [4.78, 5) is 6.14.